The second-order valence-electron chi connectivity index (χ2n) is 8.87. The predicted octanol–water partition coefficient (Wildman–Crippen LogP) is 4.84. The molecule has 1 saturated heterocycles. The van der Waals surface area contributed by atoms with Crippen LogP contribution in [0.25, 0.3) is 0 Å². The molecule has 2 heterocycles. The molecule has 4 nitrogen and oxygen atoms in total. The van der Waals surface area contributed by atoms with Crippen LogP contribution in [0.4, 0.5) is 11.4 Å². The van der Waals surface area contributed by atoms with Gasteiger partial charge in [0.2, 0.25) is 5.91 Å². The van der Waals surface area contributed by atoms with Gasteiger partial charge in [-0.15, -0.1) is 0 Å². The largest absolute Gasteiger partial charge is 0.365 e. The zero-order valence-corrected chi connectivity index (χ0v) is 17.5. The van der Waals surface area contributed by atoms with Crippen LogP contribution in [0.15, 0.2) is 78.9 Å². The Morgan fingerprint density at radius 2 is 1.42 bits per heavy atom. The SMILES string of the molecule is O=C1COC(CN2c3ccccc3C3CC3c3ccccc32)CN1Cc1ccccc1. The monoisotopic (exact) mass is 410 g/mol. The second kappa shape index (κ2) is 7.54. The van der Waals surface area contributed by atoms with Crippen LogP contribution in [0.3, 0.4) is 0 Å². The molecule has 6 rings (SSSR count). The van der Waals surface area contributed by atoms with Gasteiger partial charge in [-0.05, 0) is 47.1 Å². The molecular formula is C27H26N2O2. The highest BCUT2D eigenvalue weighted by Gasteiger charge is 2.45. The van der Waals surface area contributed by atoms with Gasteiger partial charge in [0.25, 0.3) is 0 Å². The second-order valence-corrected chi connectivity index (χ2v) is 8.87. The maximum Gasteiger partial charge on any atom is 0.248 e. The van der Waals surface area contributed by atoms with Gasteiger partial charge in [0, 0.05) is 24.5 Å². The van der Waals surface area contributed by atoms with Crippen molar-refractivity contribution >= 4 is 17.3 Å². The third kappa shape index (κ3) is 3.41. The highest BCUT2D eigenvalue weighted by atomic mass is 16.5. The van der Waals surface area contributed by atoms with Crippen molar-refractivity contribution in [3.63, 3.8) is 0 Å². The predicted molar refractivity (Wildman–Crippen MR) is 122 cm³/mol. The number of carbonyl (C=O) groups excluding carboxylic acids is 1. The summed E-state index contributed by atoms with van der Waals surface area (Å²) in [5.41, 5.74) is 6.61. The maximum atomic E-state index is 12.5. The topological polar surface area (TPSA) is 32.8 Å². The lowest BCUT2D eigenvalue weighted by atomic mass is 10.0. The number of amides is 1. The van der Waals surface area contributed by atoms with Gasteiger partial charge >= 0.3 is 0 Å². The number of carbonyl (C=O) groups is 1. The van der Waals surface area contributed by atoms with Crippen molar-refractivity contribution in [1.82, 2.24) is 4.90 Å². The van der Waals surface area contributed by atoms with Crippen molar-refractivity contribution in [3.05, 3.63) is 95.6 Å². The number of hydrogen-bond donors (Lipinski definition) is 0. The number of fused-ring (bicyclic) bond motifs is 5. The lowest BCUT2D eigenvalue weighted by molar-refractivity contribution is -0.149. The van der Waals surface area contributed by atoms with Crippen molar-refractivity contribution in [2.45, 2.75) is 30.9 Å². The molecule has 3 aliphatic rings. The van der Waals surface area contributed by atoms with Gasteiger partial charge in [-0.2, -0.15) is 0 Å². The Bertz CT molecular complexity index is 1060. The Hall–Kier alpha value is -3.11. The molecule has 0 aromatic heterocycles. The highest BCUT2D eigenvalue weighted by molar-refractivity contribution is 5.78. The number of nitrogens with zero attached hydrogens (tertiary/aromatic N) is 2. The highest BCUT2D eigenvalue weighted by Crippen LogP contribution is 2.61. The zero-order valence-electron chi connectivity index (χ0n) is 17.5. The van der Waals surface area contributed by atoms with E-state index in [0.29, 0.717) is 24.9 Å². The Balaban J connectivity index is 1.29. The average Bonchev–Trinajstić information content (AvgIpc) is 3.61. The van der Waals surface area contributed by atoms with Crippen molar-refractivity contribution in [2.24, 2.45) is 0 Å². The lowest BCUT2D eigenvalue weighted by Crippen LogP contribution is -2.49. The van der Waals surface area contributed by atoms with Crippen LogP contribution in [0.2, 0.25) is 0 Å². The van der Waals surface area contributed by atoms with E-state index < -0.39 is 0 Å². The molecular weight excluding hydrogens is 384 g/mol. The molecule has 0 spiro atoms. The van der Waals surface area contributed by atoms with E-state index in [9.17, 15) is 4.79 Å². The van der Waals surface area contributed by atoms with Gasteiger partial charge in [0.1, 0.15) is 6.61 Å². The normalized spacial score (nSPS) is 24.1. The molecule has 1 saturated carbocycles. The molecule has 3 aromatic carbocycles. The van der Waals surface area contributed by atoms with Crippen LogP contribution in [-0.2, 0) is 16.1 Å². The van der Waals surface area contributed by atoms with Crippen LogP contribution in [0.1, 0.15) is 34.9 Å². The van der Waals surface area contributed by atoms with Crippen molar-refractivity contribution in [2.75, 3.05) is 24.6 Å². The number of rotatable bonds is 4. The number of benzene rings is 3. The molecule has 1 amide bonds. The third-order valence-electron chi connectivity index (χ3n) is 6.87. The van der Waals surface area contributed by atoms with E-state index in [1.165, 1.54) is 28.9 Å². The van der Waals surface area contributed by atoms with E-state index in [1.54, 1.807) is 0 Å². The fourth-order valence-corrected chi connectivity index (χ4v) is 5.25. The number of hydrogen-bond acceptors (Lipinski definition) is 3. The molecule has 2 fully saturated rings. The van der Waals surface area contributed by atoms with Crippen molar-refractivity contribution in [3.8, 4) is 0 Å². The van der Waals surface area contributed by atoms with Crippen molar-refractivity contribution in [1.29, 1.82) is 0 Å². The minimum Gasteiger partial charge on any atom is -0.365 e. The van der Waals surface area contributed by atoms with Crippen molar-refractivity contribution < 1.29 is 9.53 Å². The summed E-state index contributed by atoms with van der Waals surface area (Å²) < 4.78 is 6.04. The molecule has 0 N–H and O–H groups in total. The first kappa shape index (κ1) is 18.6. The van der Waals surface area contributed by atoms with Crippen LogP contribution in [0, 0.1) is 0 Å². The molecule has 0 bridgehead atoms. The first-order valence-corrected chi connectivity index (χ1v) is 11.2. The average molecular weight is 411 g/mol. The quantitative estimate of drug-likeness (QED) is 0.617. The Labute approximate surface area is 183 Å². The van der Waals surface area contributed by atoms with E-state index in [0.717, 1.165) is 12.1 Å². The van der Waals surface area contributed by atoms with E-state index in [1.807, 2.05) is 23.1 Å². The van der Waals surface area contributed by atoms with Gasteiger partial charge in [0.05, 0.1) is 12.6 Å². The molecule has 2 aliphatic heterocycles. The summed E-state index contributed by atoms with van der Waals surface area (Å²) in [6, 6.07) is 27.8. The first-order valence-electron chi connectivity index (χ1n) is 11.2. The summed E-state index contributed by atoms with van der Waals surface area (Å²) >= 11 is 0. The molecule has 31 heavy (non-hydrogen) atoms. The molecule has 4 heteroatoms. The minimum absolute atomic E-state index is 0.0306. The van der Waals surface area contributed by atoms with Gasteiger partial charge in [-0.25, -0.2) is 0 Å². The molecule has 3 unspecified atom stereocenters. The van der Waals surface area contributed by atoms with Crippen LogP contribution >= 0.6 is 0 Å². The summed E-state index contributed by atoms with van der Waals surface area (Å²) in [7, 11) is 0. The van der Waals surface area contributed by atoms with Crippen LogP contribution in [0.5, 0.6) is 0 Å². The van der Waals surface area contributed by atoms with Gasteiger partial charge in [-0.1, -0.05) is 66.7 Å². The van der Waals surface area contributed by atoms with Gasteiger partial charge in [-0.3, -0.25) is 4.79 Å². The Morgan fingerprint density at radius 1 is 0.806 bits per heavy atom. The van der Waals surface area contributed by atoms with E-state index in [-0.39, 0.29) is 18.6 Å². The lowest BCUT2D eigenvalue weighted by Gasteiger charge is -2.37. The van der Waals surface area contributed by atoms with E-state index in [2.05, 4.69) is 65.6 Å². The van der Waals surface area contributed by atoms with E-state index in [4.69, 9.17) is 4.74 Å². The summed E-state index contributed by atoms with van der Waals surface area (Å²) in [6.45, 7) is 2.14. The number of ether oxygens (including phenoxy) is 1. The smallest absolute Gasteiger partial charge is 0.248 e. The summed E-state index contributed by atoms with van der Waals surface area (Å²) in [5.74, 6) is 1.30. The molecule has 1 aliphatic carbocycles. The maximum absolute atomic E-state index is 12.5. The molecule has 156 valence electrons. The third-order valence-corrected chi connectivity index (χ3v) is 6.87. The zero-order chi connectivity index (χ0) is 20.8. The Kier molecular flexibility index (Phi) is 4.53. The number of para-hydroxylation sites is 2. The van der Waals surface area contributed by atoms with Gasteiger partial charge in [0.15, 0.2) is 0 Å². The van der Waals surface area contributed by atoms with Crippen LogP contribution in [-0.4, -0.2) is 36.6 Å². The van der Waals surface area contributed by atoms with Crippen LogP contribution < -0.4 is 4.90 Å². The minimum atomic E-state index is -0.0306. The fraction of sp³-hybridized carbons (Fsp3) is 0.296. The molecule has 3 aromatic rings. The fourth-order valence-electron chi connectivity index (χ4n) is 5.25. The molecule has 0 radical (unpaired) electrons. The standard InChI is InChI=1S/C27H26N2O2/c30-27-18-31-20(16-28(27)15-19-8-2-1-3-9-19)17-29-25-12-6-4-10-21(25)23-14-24(23)22-11-5-7-13-26(22)29/h1-13,20,23-24H,14-18H2. The number of anilines is 2. The summed E-state index contributed by atoms with van der Waals surface area (Å²) in [6.07, 6.45) is 1.21. The van der Waals surface area contributed by atoms with Gasteiger partial charge < -0.3 is 14.5 Å². The Morgan fingerprint density at radius 3 is 2.10 bits per heavy atom. The van der Waals surface area contributed by atoms with E-state index >= 15 is 0 Å². The summed E-state index contributed by atoms with van der Waals surface area (Å²) in [5, 5.41) is 0. The molecule has 3 atom stereocenters. The number of morpholine rings is 1. The first-order chi connectivity index (χ1) is 15.3. The summed E-state index contributed by atoms with van der Waals surface area (Å²) in [4.78, 5) is 16.9.